The fraction of sp³-hybridized carbons (Fsp3) is 0.545. The van der Waals surface area contributed by atoms with Crippen molar-refractivity contribution < 1.29 is 9.59 Å². The molecule has 0 aliphatic carbocycles. The number of carbonyl (C=O) groups excluding carboxylic acids is 2. The van der Waals surface area contributed by atoms with Gasteiger partial charge in [0.1, 0.15) is 0 Å². The second-order valence-corrected chi connectivity index (χ2v) is 5.32. The van der Waals surface area contributed by atoms with Gasteiger partial charge in [-0.05, 0) is 26.2 Å². The number of carbonyl (C=O) groups is 2. The number of rotatable bonds is 1. The summed E-state index contributed by atoms with van der Waals surface area (Å²) in [5, 5.41) is 2.72. The molecule has 0 saturated carbocycles. The lowest BCUT2D eigenvalue weighted by Gasteiger charge is -2.26. The Kier molecular flexibility index (Phi) is 3.73. The first-order valence-electron chi connectivity index (χ1n) is 5.69. The minimum atomic E-state index is -0.404. The Balaban J connectivity index is 1.91. The van der Waals surface area contributed by atoms with Crippen molar-refractivity contribution in [2.24, 2.45) is 0 Å². The van der Waals surface area contributed by atoms with Gasteiger partial charge in [0.05, 0.1) is 0 Å². The highest BCUT2D eigenvalue weighted by Crippen LogP contribution is 2.12. The third kappa shape index (κ3) is 3.03. The Morgan fingerprint density at radius 3 is 2.65 bits per heavy atom. The van der Waals surface area contributed by atoms with E-state index in [1.807, 2.05) is 6.92 Å². The van der Waals surface area contributed by atoms with Gasteiger partial charge in [-0.25, -0.2) is 9.78 Å². The highest BCUT2D eigenvalue weighted by Gasteiger charge is 2.20. The number of aryl methyl sites for hydroxylation is 1. The maximum absolute atomic E-state index is 11.8. The minimum Gasteiger partial charge on any atom is -0.324 e. The smallest absolute Gasteiger partial charge is 0.324 e. The molecule has 1 N–H and O–H groups in total. The van der Waals surface area contributed by atoms with Crippen LogP contribution in [0.4, 0.5) is 4.79 Å². The summed E-state index contributed by atoms with van der Waals surface area (Å²) in [5.74, 6) is -0.404. The van der Waals surface area contributed by atoms with Gasteiger partial charge in [-0.15, -0.1) is 11.3 Å². The van der Waals surface area contributed by atoms with E-state index < -0.39 is 5.91 Å². The van der Waals surface area contributed by atoms with E-state index in [2.05, 4.69) is 10.3 Å². The molecule has 2 rings (SSSR count). The van der Waals surface area contributed by atoms with Crippen LogP contribution in [0.25, 0.3) is 0 Å². The molecule has 1 aromatic heterocycles. The topological polar surface area (TPSA) is 62.3 Å². The predicted molar refractivity (Wildman–Crippen MR) is 65.1 cm³/mol. The van der Waals surface area contributed by atoms with Crippen LogP contribution in [0.2, 0.25) is 0 Å². The minimum absolute atomic E-state index is 0.303. The van der Waals surface area contributed by atoms with E-state index in [0.29, 0.717) is 5.01 Å². The standard InChI is InChI=1S/C11H15N3O2S/c1-8-7-12-10(17-8)9(15)13-11(16)14-5-3-2-4-6-14/h7H,2-6H2,1H3,(H,13,15,16). The second-order valence-electron chi connectivity index (χ2n) is 4.08. The summed E-state index contributed by atoms with van der Waals surface area (Å²) in [5.41, 5.74) is 0. The molecule has 0 atom stereocenters. The van der Waals surface area contributed by atoms with Crippen LogP contribution in [-0.2, 0) is 0 Å². The third-order valence-electron chi connectivity index (χ3n) is 2.68. The molecular weight excluding hydrogens is 238 g/mol. The van der Waals surface area contributed by atoms with Crippen LogP contribution in [0.1, 0.15) is 33.9 Å². The van der Waals surface area contributed by atoms with Gasteiger partial charge in [0, 0.05) is 24.2 Å². The molecule has 5 nitrogen and oxygen atoms in total. The first kappa shape index (κ1) is 12.0. The molecule has 0 unspecified atom stereocenters. The number of nitrogens with zero attached hydrogens (tertiary/aromatic N) is 2. The van der Waals surface area contributed by atoms with Crippen LogP contribution in [-0.4, -0.2) is 34.9 Å². The SMILES string of the molecule is Cc1cnc(C(=O)NC(=O)N2CCCCC2)s1. The molecule has 6 heteroatoms. The molecule has 0 radical (unpaired) electrons. The van der Waals surface area contributed by atoms with Gasteiger partial charge in [0.15, 0.2) is 5.01 Å². The number of urea groups is 1. The zero-order chi connectivity index (χ0) is 12.3. The number of piperidine rings is 1. The van der Waals surface area contributed by atoms with Crippen LogP contribution in [0, 0.1) is 6.92 Å². The number of thiazole rings is 1. The van der Waals surface area contributed by atoms with Crippen LogP contribution in [0.5, 0.6) is 0 Å². The Bertz CT molecular complexity index is 424. The van der Waals surface area contributed by atoms with Gasteiger partial charge in [0.2, 0.25) is 0 Å². The number of nitrogens with one attached hydrogen (secondary N) is 1. The van der Waals surface area contributed by atoms with Crippen molar-refractivity contribution in [2.75, 3.05) is 13.1 Å². The van der Waals surface area contributed by atoms with Crippen molar-refractivity contribution in [1.82, 2.24) is 15.2 Å². The van der Waals surface area contributed by atoms with E-state index in [0.717, 1.165) is 37.2 Å². The number of imide groups is 1. The molecule has 1 aliphatic heterocycles. The van der Waals surface area contributed by atoms with Crippen molar-refractivity contribution in [2.45, 2.75) is 26.2 Å². The van der Waals surface area contributed by atoms with E-state index >= 15 is 0 Å². The summed E-state index contributed by atoms with van der Waals surface area (Å²) < 4.78 is 0. The molecule has 92 valence electrons. The lowest BCUT2D eigenvalue weighted by Crippen LogP contribution is -2.45. The number of aromatic nitrogens is 1. The lowest BCUT2D eigenvalue weighted by molar-refractivity contribution is 0.0948. The average molecular weight is 253 g/mol. The maximum atomic E-state index is 11.8. The zero-order valence-electron chi connectivity index (χ0n) is 9.73. The first-order valence-corrected chi connectivity index (χ1v) is 6.51. The van der Waals surface area contributed by atoms with Crippen LogP contribution in [0.15, 0.2) is 6.20 Å². The quantitative estimate of drug-likeness (QED) is 0.830. The van der Waals surface area contributed by atoms with Gasteiger partial charge in [-0.2, -0.15) is 0 Å². The predicted octanol–water partition coefficient (Wildman–Crippen LogP) is 1.79. The summed E-state index contributed by atoms with van der Waals surface area (Å²) in [6, 6.07) is -0.303. The molecule has 1 aliphatic rings. The van der Waals surface area contributed by atoms with Gasteiger partial charge in [-0.3, -0.25) is 10.1 Å². The van der Waals surface area contributed by atoms with E-state index in [4.69, 9.17) is 0 Å². The molecule has 1 fully saturated rings. The van der Waals surface area contributed by atoms with Crippen molar-refractivity contribution in [3.63, 3.8) is 0 Å². The number of likely N-dealkylation sites (tertiary alicyclic amines) is 1. The van der Waals surface area contributed by atoms with Crippen molar-refractivity contribution in [1.29, 1.82) is 0 Å². The summed E-state index contributed by atoms with van der Waals surface area (Å²) in [6.45, 7) is 3.34. The van der Waals surface area contributed by atoms with Crippen molar-refractivity contribution in [3.05, 3.63) is 16.1 Å². The summed E-state index contributed by atoms with van der Waals surface area (Å²) in [7, 11) is 0. The molecule has 2 heterocycles. The van der Waals surface area contributed by atoms with Crippen molar-refractivity contribution >= 4 is 23.3 Å². The summed E-state index contributed by atoms with van der Waals surface area (Å²) >= 11 is 1.29. The Morgan fingerprint density at radius 2 is 2.06 bits per heavy atom. The lowest BCUT2D eigenvalue weighted by atomic mass is 10.1. The molecule has 0 aromatic carbocycles. The van der Waals surface area contributed by atoms with E-state index in [-0.39, 0.29) is 6.03 Å². The Hall–Kier alpha value is -1.43. The molecule has 0 spiro atoms. The largest absolute Gasteiger partial charge is 0.324 e. The van der Waals surface area contributed by atoms with Crippen LogP contribution in [0.3, 0.4) is 0 Å². The normalized spacial score (nSPS) is 15.7. The molecular formula is C11H15N3O2S. The van der Waals surface area contributed by atoms with E-state index in [1.54, 1.807) is 11.1 Å². The summed E-state index contributed by atoms with van der Waals surface area (Å²) in [4.78, 5) is 30.1. The van der Waals surface area contributed by atoms with Gasteiger partial charge in [-0.1, -0.05) is 0 Å². The zero-order valence-corrected chi connectivity index (χ0v) is 10.5. The Labute approximate surface area is 104 Å². The third-order valence-corrected chi connectivity index (χ3v) is 3.59. The Morgan fingerprint density at radius 1 is 1.35 bits per heavy atom. The fourth-order valence-corrected chi connectivity index (χ4v) is 2.45. The van der Waals surface area contributed by atoms with Crippen molar-refractivity contribution in [3.8, 4) is 0 Å². The van der Waals surface area contributed by atoms with Gasteiger partial charge >= 0.3 is 6.03 Å². The average Bonchev–Trinajstić information content (AvgIpc) is 2.77. The maximum Gasteiger partial charge on any atom is 0.324 e. The van der Waals surface area contributed by atoms with Gasteiger partial charge < -0.3 is 4.90 Å². The van der Waals surface area contributed by atoms with E-state index in [9.17, 15) is 9.59 Å². The molecule has 3 amide bonds. The van der Waals surface area contributed by atoms with E-state index in [1.165, 1.54) is 11.3 Å². The number of hydrogen-bond donors (Lipinski definition) is 1. The molecule has 1 saturated heterocycles. The first-order chi connectivity index (χ1) is 8.16. The van der Waals surface area contributed by atoms with Crippen LogP contribution < -0.4 is 5.32 Å². The molecule has 1 aromatic rings. The van der Waals surface area contributed by atoms with Gasteiger partial charge in [0.25, 0.3) is 5.91 Å². The molecule has 0 bridgehead atoms. The number of amides is 3. The van der Waals surface area contributed by atoms with Crippen LogP contribution >= 0.6 is 11.3 Å². The fourth-order valence-electron chi connectivity index (χ4n) is 1.79. The summed E-state index contributed by atoms with van der Waals surface area (Å²) in [6.07, 6.45) is 4.81. The highest BCUT2D eigenvalue weighted by atomic mass is 32.1. The monoisotopic (exact) mass is 253 g/mol. The number of hydrogen-bond acceptors (Lipinski definition) is 4. The molecule has 17 heavy (non-hydrogen) atoms. The second kappa shape index (κ2) is 5.27. The highest BCUT2D eigenvalue weighted by molar-refractivity contribution is 7.13.